The van der Waals surface area contributed by atoms with Crippen LogP contribution in [0, 0.1) is 13.8 Å². The molecule has 0 saturated heterocycles. The van der Waals surface area contributed by atoms with Crippen LogP contribution < -0.4 is 10.1 Å². The Morgan fingerprint density at radius 3 is 2.31 bits per heavy atom. The third-order valence-electron chi connectivity index (χ3n) is 6.57. The molecule has 0 amide bonds. The number of nitrogens with one attached hydrogen (secondary N) is 2. The normalized spacial score (nSPS) is 13.1. The number of unbranched alkanes of at least 4 members (excludes halogenated alkanes) is 2. The maximum Gasteiger partial charge on any atom is 0.343 e. The number of benzene rings is 2. The van der Waals surface area contributed by atoms with Gasteiger partial charge in [0.1, 0.15) is 22.7 Å². The molecule has 0 aliphatic rings. The van der Waals surface area contributed by atoms with Gasteiger partial charge in [-0.2, -0.15) is 5.10 Å². The number of carbonyl (C=O) groups excluding carboxylic acids is 2. The molecule has 2 aromatic carbocycles. The van der Waals surface area contributed by atoms with Crippen LogP contribution in [0.3, 0.4) is 0 Å². The predicted octanol–water partition coefficient (Wildman–Crippen LogP) is 6.50. The molecule has 0 saturated carbocycles. The Kier molecular flexibility index (Phi) is 9.04. The van der Waals surface area contributed by atoms with Crippen molar-refractivity contribution in [3.63, 3.8) is 0 Å². The van der Waals surface area contributed by atoms with Crippen molar-refractivity contribution in [3.8, 4) is 11.5 Å². The Morgan fingerprint density at radius 2 is 1.77 bits per heavy atom. The highest BCUT2D eigenvalue weighted by atomic mass is 16.6. The van der Waals surface area contributed by atoms with E-state index in [1.165, 1.54) is 0 Å². The number of fused-ring (bicyclic) bond motifs is 1. The number of carbonyl (C=O) groups is 3. The molecule has 0 aliphatic carbocycles. The van der Waals surface area contributed by atoms with Gasteiger partial charge in [0.15, 0.2) is 11.8 Å². The fraction of sp³-hybridized carbons (Fsp3) is 0.467. The predicted molar refractivity (Wildman–Crippen MR) is 151 cm³/mol. The Hall–Kier alpha value is -3.88. The van der Waals surface area contributed by atoms with Gasteiger partial charge in [0, 0.05) is 16.8 Å². The summed E-state index contributed by atoms with van der Waals surface area (Å²) in [5.41, 5.74) is 1.25. The molecule has 0 radical (unpaired) electrons. The minimum Gasteiger partial charge on any atom is -0.479 e. The van der Waals surface area contributed by atoms with Crippen molar-refractivity contribution in [1.82, 2.24) is 10.2 Å². The first-order valence-electron chi connectivity index (χ1n) is 13.4. The number of hydrogen-bond donors (Lipinski definition) is 3. The second-order valence-electron chi connectivity index (χ2n) is 10.9. The van der Waals surface area contributed by atoms with E-state index in [4.69, 9.17) is 9.47 Å². The van der Waals surface area contributed by atoms with E-state index < -0.39 is 23.1 Å². The van der Waals surface area contributed by atoms with E-state index in [-0.39, 0.29) is 6.42 Å². The summed E-state index contributed by atoms with van der Waals surface area (Å²) in [6.07, 6.45) is 4.31. The van der Waals surface area contributed by atoms with E-state index in [0.717, 1.165) is 31.4 Å². The average Bonchev–Trinajstić information content (AvgIpc) is 3.26. The highest BCUT2D eigenvalue weighted by Gasteiger charge is 2.37. The molecule has 1 aromatic heterocycles. The van der Waals surface area contributed by atoms with Crippen LogP contribution in [0.25, 0.3) is 10.9 Å². The van der Waals surface area contributed by atoms with Gasteiger partial charge in [-0.15, -0.1) is 0 Å². The van der Waals surface area contributed by atoms with E-state index in [1.807, 2.05) is 40.7 Å². The van der Waals surface area contributed by atoms with Crippen molar-refractivity contribution in [2.45, 2.75) is 91.7 Å². The van der Waals surface area contributed by atoms with Crippen molar-refractivity contribution in [2.75, 3.05) is 5.32 Å². The van der Waals surface area contributed by atoms with E-state index >= 15 is 0 Å². The van der Waals surface area contributed by atoms with Crippen LogP contribution >= 0.6 is 0 Å². The van der Waals surface area contributed by atoms with Gasteiger partial charge in [-0.3, -0.25) is 5.10 Å². The molecule has 210 valence electrons. The Morgan fingerprint density at radius 1 is 1.10 bits per heavy atom. The fourth-order valence-corrected chi connectivity index (χ4v) is 4.51. The first-order chi connectivity index (χ1) is 18.4. The third-order valence-corrected chi connectivity index (χ3v) is 6.57. The van der Waals surface area contributed by atoms with Crippen molar-refractivity contribution >= 4 is 34.8 Å². The van der Waals surface area contributed by atoms with Crippen LogP contribution in [-0.2, 0) is 20.7 Å². The monoisotopic (exact) mass is 537 g/mol. The second kappa shape index (κ2) is 11.9. The maximum absolute atomic E-state index is 13.5. The van der Waals surface area contributed by atoms with Gasteiger partial charge < -0.3 is 24.7 Å². The minimum absolute atomic E-state index is 0.0761. The molecule has 9 nitrogen and oxygen atoms in total. The van der Waals surface area contributed by atoms with Gasteiger partial charge >= 0.3 is 11.9 Å². The van der Waals surface area contributed by atoms with Gasteiger partial charge in [-0.1, -0.05) is 26.7 Å². The SMILES string of the molecule is CCCCCc1[nH]nc2ccc(Oc3c(C)cc(NC(C=O)(CC)C(=O)O)cc3C)c(C(=O)OC(C)(C)C)c12. The molecule has 0 fully saturated rings. The second-order valence-corrected chi connectivity index (χ2v) is 10.9. The smallest absolute Gasteiger partial charge is 0.343 e. The number of ether oxygens (including phenoxy) is 2. The highest BCUT2D eigenvalue weighted by Crippen LogP contribution is 2.38. The van der Waals surface area contributed by atoms with Gasteiger partial charge in [-0.25, -0.2) is 9.59 Å². The number of carboxylic acid groups (broad SMARTS) is 1. The van der Waals surface area contributed by atoms with Gasteiger partial charge in [0.05, 0.1) is 5.52 Å². The Labute approximate surface area is 229 Å². The van der Waals surface area contributed by atoms with Gasteiger partial charge in [0.2, 0.25) is 0 Å². The quantitative estimate of drug-likeness (QED) is 0.103. The zero-order valence-electron chi connectivity index (χ0n) is 23.9. The Balaban J connectivity index is 2.09. The molecule has 3 N–H and O–H groups in total. The summed E-state index contributed by atoms with van der Waals surface area (Å²) in [6.45, 7) is 12.9. The number of aliphatic carboxylic acids is 1. The molecule has 0 bridgehead atoms. The standard InChI is InChI=1S/C30H39N3O6/c1-8-10-11-12-21-24-22(33-32-21)13-14-23(25(24)27(35)39-29(5,6)7)38-26-18(3)15-20(16-19(26)4)31-30(9-2,17-34)28(36)37/h13-17,31H,8-12H2,1-7H3,(H,32,33)(H,36,37). The number of esters is 1. The van der Waals surface area contributed by atoms with Crippen LogP contribution in [-0.4, -0.2) is 44.7 Å². The lowest BCUT2D eigenvalue weighted by Crippen LogP contribution is -2.47. The van der Waals surface area contributed by atoms with E-state index in [2.05, 4.69) is 22.4 Å². The van der Waals surface area contributed by atoms with Crippen molar-refractivity contribution in [3.05, 3.63) is 46.6 Å². The summed E-state index contributed by atoms with van der Waals surface area (Å²) >= 11 is 0. The summed E-state index contributed by atoms with van der Waals surface area (Å²) < 4.78 is 12.2. The zero-order chi connectivity index (χ0) is 29.0. The fourth-order valence-electron chi connectivity index (χ4n) is 4.51. The number of aromatic amines is 1. The number of aldehydes is 1. The van der Waals surface area contributed by atoms with Crippen LogP contribution in [0.2, 0.25) is 0 Å². The number of H-pyrrole nitrogens is 1. The number of aromatic nitrogens is 2. The van der Waals surface area contributed by atoms with Crippen LogP contribution in [0.15, 0.2) is 24.3 Å². The van der Waals surface area contributed by atoms with Crippen LogP contribution in [0.4, 0.5) is 5.69 Å². The van der Waals surface area contributed by atoms with Crippen LogP contribution in [0.5, 0.6) is 11.5 Å². The molecular weight excluding hydrogens is 498 g/mol. The molecule has 1 heterocycles. The van der Waals surface area contributed by atoms with Crippen molar-refractivity contribution in [1.29, 1.82) is 0 Å². The third kappa shape index (κ3) is 6.58. The molecule has 1 unspecified atom stereocenters. The highest BCUT2D eigenvalue weighted by molar-refractivity contribution is 6.07. The largest absolute Gasteiger partial charge is 0.479 e. The van der Waals surface area contributed by atoms with E-state index in [1.54, 1.807) is 25.1 Å². The lowest BCUT2D eigenvalue weighted by atomic mass is 9.97. The van der Waals surface area contributed by atoms with Crippen molar-refractivity contribution < 1.29 is 29.0 Å². The lowest BCUT2D eigenvalue weighted by Gasteiger charge is -2.25. The summed E-state index contributed by atoms with van der Waals surface area (Å²) in [4.78, 5) is 37.0. The number of nitrogens with zero attached hydrogens (tertiary/aromatic N) is 1. The first-order valence-corrected chi connectivity index (χ1v) is 13.4. The lowest BCUT2D eigenvalue weighted by molar-refractivity contribution is -0.144. The number of anilines is 1. The molecule has 0 aliphatic heterocycles. The molecule has 3 aromatic rings. The molecule has 3 rings (SSSR count). The molecule has 39 heavy (non-hydrogen) atoms. The van der Waals surface area contributed by atoms with Crippen molar-refractivity contribution in [2.24, 2.45) is 0 Å². The Bertz CT molecular complexity index is 1350. The number of hydrogen-bond acceptors (Lipinski definition) is 7. The molecule has 1 atom stereocenters. The average molecular weight is 538 g/mol. The number of rotatable bonds is 12. The van der Waals surface area contributed by atoms with E-state index in [9.17, 15) is 19.5 Å². The zero-order valence-corrected chi connectivity index (χ0v) is 23.9. The molecule has 9 heteroatoms. The van der Waals surface area contributed by atoms with E-state index in [0.29, 0.717) is 51.1 Å². The summed E-state index contributed by atoms with van der Waals surface area (Å²) in [6, 6.07) is 6.96. The number of aryl methyl sites for hydroxylation is 3. The molecular formula is C30H39N3O6. The summed E-state index contributed by atoms with van der Waals surface area (Å²) in [5, 5.41) is 20.7. The van der Waals surface area contributed by atoms with Gasteiger partial charge in [0.25, 0.3) is 0 Å². The molecule has 0 spiro atoms. The van der Waals surface area contributed by atoms with Crippen LogP contribution in [0.1, 0.15) is 87.5 Å². The topological polar surface area (TPSA) is 131 Å². The first kappa shape index (κ1) is 29.7. The van der Waals surface area contributed by atoms with Gasteiger partial charge in [-0.05, 0) is 89.3 Å². The summed E-state index contributed by atoms with van der Waals surface area (Å²) in [7, 11) is 0. The maximum atomic E-state index is 13.5. The number of carboxylic acids is 1. The summed E-state index contributed by atoms with van der Waals surface area (Å²) in [5.74, 6) is -0.900. The minimum atomic E-state index is -1.73.